The standard InChI is InChI=1S/C16H12O4/c1-11-7-9-13(10-8-11)15(18)20-16(19)14(17)12-5-3-2-4-6-12/h2-10H,1H3. The lowest BCUT2D eigenvalue weighted by atomic mass is 10.1. The number of rotatable bonds is 3. The molecule has 0 aliphatic carbocycles. The minimum absolute atomic E-state index is 0.189. The highest BCUT2D eigenvalue weighted by Crippen LogP contribution is 2.07. The fourth-order valence-electron chi connectivity index (χ4n) is 1.59. The Balaban J connectivity index is 2.06. The van der Waals surface area contributed by atoms with Crippen LogP contribution in [0.5, 0.6) is 0 Å². The maximum Gasteiger partial charge on any atom is 0.387 e. The van der Waals surface area contributed by atoms with Gasteiger partial charge in [-0.3, -0.25) is 4.79 Å². The smallest absolute Gasteiger partial charge is 0.383 e. The molecule has 0 bridgehead atoms. The molecule has 0 heterocycles. The molecular formula is C16H12O4. The van der Waals surface area contributed by atoms with E-state index in [0.717, 1.165) is 5.56 Å². The van der Waals surface area contributed by atoms with E-state index in [2.05, 4.69) is 4.74 Å². The van der Waals surface area contributed by atoms with Gasteiger partial charge in [-0.25, -0.2) is 9.59 Å². The van der Waals surface area contributed by atoms with Crippen LogP contribution in [0.3, 0.4) is 0 Å². The van der Waals surface area contributed by atoms with Gasteiger partial charge in [-0.15, -0.1) is 0 Å². The molecule has 0 saturated carbocycles. The van der Waals surface area contributed by atoms with Gasteiger partial charge in [0.2, 0.25) is 0 Å². The fraction of sp³-hybridized carbons (Fsp3) is 0.0625. The van der Waals surface area contributed by atoms with Crippen LogP contribution in [0.4, 0.5) is 0 Å². The highest BCUT2D eigenvalue weighted by atomic mass is 16.6. The lowest BCUT2D eigenvalue weighted by molar-refractivity contribution is -0.132. The summed E-state index contributed by atoms with van der Waals surface area (Å²) < 4.78 is 4.57. The van der Waals surface area contributed by atoms with E-state index >= 15 is 0 Å². The van der Waals surface area contributed by atoms with Gasteiger partial charge in [-0.2, -0.15) is 0 Å². The molecule has 4 nitrogen and oxygen atoms in total. The van der Waals surface area contributed by atoms with Crippen LogP contribution in [-0.4, -0.2) is 17.7 Å². The first-order valence-corrected chi connectivity index (χ1v) is 6.00. The van der Waals surface area contributed by atoms with Gasteiger partial charge in [0.25, 0.3) is 5.78 Å². The van der Waals surface area contributed by atoms with Crippen LogP contribution in [0.2, 0.25) is 0 Å². The average Bonchev–Trinajstić information content (AvgIpc) is 2.48. The van der Waals surface area contributed by atoms with Crippen molar-refractivity contribution in [3.05, 3.63) is 71.3 Å². The topological polar surface area (TPSA) is 60.4 Å². The molecule has 0 spiro atoms. The molecule has 2 rings (SSSR count). The summed E-state index contributed by atoms with van der Waals surface area (Å²) in [6, 6.07) is 14.5. The van der Waals surface area contributed by atoms with Crippen molar-refractivity contribution < 1.29 is 19.1 Å². The summed E-state index contributed by atoms with van der Waals surface area (Å²) in [4.78, 5) is 35.0. The number of hydrogen-bond donors (Lipinski definition) is 0. The van der Waals surface area contributed by atoms with E-state index in [0.29, 0.717) is 0 Å². The van der Waals surface area contributed by atoms with Crippen molar-refractivity contribution in [2.45, 2.75) is 6.92 Å². The molecule has 0 amide bonds. The molecule has 0 atom stereocenters. The van der Waals surface area contributed by atoms with Crippen molar-refractivity contribution in [1.82, 2.24) is 0 Å². The van der Waals surface area contributed by atoms with Crippen LogP contribution in [0.15, 0.2) is 54.6 Å². The largest absolute Gasteiger partial charge is 0.387 e. The fourth-order valence-corrected chi connectivity index (χ4v) is 1.59. The van der Waals surface area contributed by atoms with Crippen molar-refractivity contribution in [3.8, 4) is 0 Å². The summed E-state index contributed by atoms with van der Waals surface area (Å²) in [5, 5.41) is 0. The Bertz CT molecular complexity index is 642. The van der Waals surface area contributed by atoms with Crippen LogP contribution in [0, 0.1) is 6.92 Å². The van der Waals surface area contributed by atoms with E-state index in [4.69, 9.17) is 0 Å². The quantitative estimate of drug-likeness (QED) is 0.371. The van der Waals surface area contributed by atoms with Gasteiger partial charge in [-0.05, 0) is 19.1 Å². The van der Waals surface area contributed by atoms with Crippen molar-refractivity contribution in [2.24, 2.45) is 0 Å². The number of Topliss-reactive ketones (excluding diaryl/α,β-unsaturated/α-hetero) is 1. The first-order valence-electron chi connectivity index (χ1n) is 6.00. The second-order valence-corrected chi connectivity index (χ2v) is 4.24. The first-order chi connectivity index (χ1) is 9.58. The zero-order valence-corrected chi connectivity index (χ0v) is 10.8. The maximum absolute atomic E-state index is 11.7. The number of hydrogen-bond acceptors (Lipinski definition) is 4. The Labute approximate surface area is 116 Å². The lowest BCUT2D eigenvalue weighted by Crippen LogP contribution is -2.21. The van der Waals surface area contributed by atoms with E-state index in [-0.39, 0.29) is 11.1 Å². The molecule has 0 saturated heterocycles. The van der Waals surface area contributed by atoms with Crippen LogP contribution in [-0.2, 0) is 9.53 Å². The molecule has 0 unspecified atom stereocenters. The predicted molar refractivity (Wildman–Crippen MR) is 72.4 cm³/mol. The van der Waals surface area contributed by atoms with Gasteiger partial charge < -0.3 is 4.74 Å². The number of aryl methyl sites for hydroxylation is 1. The number of ether oxygens (including phenoxy) is 1. The van der Waals surface area contributed by atoms with Gasteiger partial charge in [0.15, 0.2) is 0 Å². The van der Waals surface area contributed by atoms with E-state index in [9.17, 15) is 14.4 Å². The van der Waals surface area contributed by atoms with Crippen molar-refractivity contribution >= 4 is 17.7 Å². The molecule has 0 aromatic heterocycles. The Kier molecular flexibility index (Phi) is 4.05. The second-order valence-electron chi connectivity index (χ2n) is 4.24. The highest BCUT2D eigenvalue weighted by molar-refractivity contribution is 6.42. The van der Waals surface area contributed by atoms with Gasteiger partial charge in [0, 0.05) is 5.56 Å². The summed E-state index contributed by atoms with van der Waals surface area (Å²) >= 11 is 0. The number of carbonyl (C=O) groups is 3. The third kappa shape index (κ3) is 3.17. The molecule has 20 heavy (non-hydrogen) atoms. The number of benzene rings is 2. The zero-order valence-electron chi connectivity index (χ0n) is 10.8. The van der Waals surface area contributed by atoms with Crippen molar-refractivity contribution in [1.29, 1.82) is 0 Å². The Morgan fingerprint density at radius 1 is 0.800 bits per heavy atom. The summed E-state index contributed by atoms with van der Waals surface area (Å²) in [5.74, 6) is -2.85. The van der Waals surface area contributed by atoms with E-state index < -0.39 is 17.7 Å². The molecule has 0 radical (unpaired) electrons. The third-order valence-electron chi connectivity index (χ3n) is 2.69. The highest BCUT2D eigenvalue weighted by Gasteiger charge is 2.21. The van der Waals surface area contributed by atoms with E-state index in [1.165, 1.54) is 24.3 Å². The van der Waals surface area contributed by atoms with Crippen LogP contribution in [0.25, 0.3) is 0 Å². The number of ketones is 1. The minimum atomic E-state index is -1.18. The summed E-state index contributed by atoms with van der Waals surface area (Å²) in [6.45, 7) is 1.87. The van der Waals surface area contributed by atoms with E-state index in [1.807, 2.05) is 6.92 Å². The minimum Gasteiger partial charge on any atom is -0.383 e. The molecule has 0 N–H and O–H groups in total. The molecule has 0 aliphatic rings. The van der Waals surface area contributed by atoms with Gasteiger partial charge in [-0.1, -0.05) is 48.0 Å². The SMILES string of the molecule is Cc1ccc(C(=O)OC(=O)C(=O)c2ccccc2)cc1. The number of esters is 2. The van der Waals surface area contributed by atoms with Gasteiger partial charge in [0.05, 0.1) is 5.56 Å². The molecule has 2 aromatic rings. The predicted octanol–water partition coefficient (Wildman–Crippen LogP) is 2.56. The van der Waals surface area contributed by atoms with Crippen molar-refractivity contribution in [3.63, 3.8) is 0 Å². The van der Waals surface area contributed by atoms with Crippen LogP contribution in [0.1, 0.15) is 26.3 Å². The van der Waals surface area contributed by atoms with Gasteiger partial charge >= 0.3 is 11.9 Å². The van der Waals surface area contributed by atoms with Gasteiger partial charge in [0.1, 0.15) is 0 Å². The van der Waals surface area contributed by atoms with Crippen molar-refractivity contribution in [2.75, 3.05) is 0 Å². The molecule has 0 aliphatic heterocycles. The third-order valence-corrected chi connectivity index (χ3v) is 2.69. The van der Waals surface area contributed by atoms with Crippen LogP contribution < -0.4 is 0 Å². The zero-order chi connectivity index (χ0) is 14.5. The molecule has 0 fully saturated rings. The first kappa shape index (κ1) is 13.7. The Morgan fingerprint density at radius 3 is 2.00 bits per heavy atom. The average molecular weight is 268 g/mol. The molecule has 2 aromatic carbocycles. The summed E-state index contributed by atoms with van der Waals surface area (Å²) in [7, 11) is 0. The Morgan fingerprint density at radius 2 is 1.40 bits per heavy atom. The molecule has 4 heteroatoms. The lowest BCUT2D eigenvalue weighted by Gasteiger charge is -2.03. The molecule has 100 valence electrons. The monoisotopic (exact) mass is 268 g/mol. The normalized spacial score (nSPS) is 9.85. The summed E-state index contributed by atoms with van der Waals surface area (Å²) in [5.41, 5.74) is 1.40. The Hall–Kier alpha value is -2.75. The number of carbonyl (C=O) groups excluding carboxylic acids is 3. The summed E-state index contributed by atoms with van der Waals surface area (Å²) in [6.07, 6.45) is 0. The molecular weight excluding hydrogens is 256 g/mol. The second kappa shape index (κ2) is 5.93. The van der Waals surface area contributed by atoms with E-state index in [1.54, 1.807) is 30.3 Å². The van der Waals surface area contributed by atoms with Crippen LogP contribution >= 0.6 is 0 Å². The maximum atomic E-state index is 11.7.